The number of rotatable bonds is 11. The molecule has 0 amide bonds. The smallest absolute Gasteiger partial charge is 0.222 e. The van der Waals surface area contributed by atoms with Gasteiger partial charge in [-0.3, -0.25) is 4.99 Å². The van der Waals surface area contributed by atoms with Crippen LogP contribution in [0.1, 0.15) is 52.9 Å². The minimum atomic E-state index is -0.665. The molecule has 26 heavy (non-hydrogen) atoms. The summed E-state index contributed by atoms with van der Waals surface area (Å²) in [6.07, 6.45) is 5.84. The van der Waals surface area contributed by atoms with E-state index >= 15 is 0 Å². The van der Waals surface area contributed by atoms with Crippen molar-refractivity contribution in [2.24, 2.45) is 4.99 Å². The molecule has 3 N–H and O–H groups in total. The van der Waals surface area contributed by atoms with E-state index in [1.165, 1.54) is 6.21 Å². The Balaban J connectivity index is 3.07. The second-order valence-corrected chi connectivity index (χ2v) is 6.61. The number of allylic oxidation sites excluding steroid dienone is 1. The lowest BCUT2D eigenvalue weighted by atomic mass is 9.93. The summed E-state index contributed by atoms with van der Waals surface area (Å²) in [5.74, 6) is 6.80. The number of hydrogen-bond donors (Lipinski definition) is 3. The maximum atomic E-state index is 7.53. The lowest BCUT2D eigenvalue weighted by molar-refractivity contribution is -0.0970. The van der Waals surface area contributed by atoms with Crippen molar-refractivity contribution >= 4 is 24.5 Å². The highest BCUT2D eigenvalue weighted by Crippen LogP contribution is 2.33. The third kappa shape index (κ3) is 7.36. The Morgan fingerprint density at radius 3 is 2.46 bits per heavy atom. The van der Waals surface area contributed by atoms with Crippen LogP contribution in [-0.2, 0) is 9.47 Å². The van der Waals surface area contributed by atoms with E-state index in [2.05, 4.69) is 34.2 Å². The second-order valence-electron chi connectivity index (χ2n) is 6.20. The minimum absolute atomic E-state index is 0.149. The summed E-state index contributed by atoms with van der Waals surface area (Å²) in [6, 6.07) is 0. The van der Waals surface area contributed by atoms with E-state index in [4.69, 9.17) is 26.5 Å². The molecule has 1 unspecified atom stereocenters. The molecule has 7 heteroatoms. The van der Waals surface area contributed by atoms with E-state index < -0.39 is 11.9 Å². The number of hydrogen-bond acceptors (Lipinski definition) is 6. The SMILES string of the molecule is C=NC(Cl)N/C(NC1(CC=N)CCCC1)=C(\C)C#CC(OCC)OCC. The zero-order chi connectivity index (χ0) is 19.4. The Kier molecular flexibility index (Phi) is 10.3. The fourth-order valence-corrected chi connectivity index (χ4v) is 3.07. The Morgan fingerprint density at radius 1 is 1.35 bits per heavy atom. The van der Waals surface area contributed by atoms with Gasteiger partial charge in [-0.05, 0) is 52.5 Å². The summed E-state index contributed by atoms with van der Waals surface area (Å²) in [5, 5.41) is 14.2. The highest BCUT2D eigenvalue weighted by molar-refractivity contribution is 6.20. The van der Waals surface area contributed by atoms with E-state index in [0.29, 0.717) is 25.5 Å². The first-order chi connectivity index (χ1) is 12.5. The molecule has 146 valence electrons. The molecule has 0 radical (unpaired) electrons. The zero-order valence-electron chi connectivity index (χ0n) is 16.0. The molecule has 0 saturated heterocycles. The van der Waals surface area contributed by atoms with E-state index in [-0.39, 0.29) is 5.54 Å². The molecule has 1 fully saturated rings. The summed E-state index contributed by atoms with van der Waals surface area (Å²) in [6.45, 7) is 10.2. The van der Waals surface area contributed by atoms with Crippen LogP contribution in [0.3, 0.4) is 0 Å². The molecule has 1 rings (SSSR count). The number of nitrogens with zero attached hydrogens (tertiary/aromatic N) is 1. The fourth-order valence-electron chi connectivity index (χ4n) is 2.96. The summed E-state index contributed by atoms with van der Waals surface area (Å²) in [4.78, 5) is 3.80. The molecule has 1 aliphatic carbocycles. The predicted octanol–water partition coefficient (Wildman–Crippen LogP) is 3.38. The van der Waals surface area contributed by atoms with Crippen LogP contribution in [0.4, 0.5) is 0 Å². The number of ether oxygens (including phenoxy) is 2. The molecule has 0 aromatic heterocycles. The average Bonchev–Trinajstić information content (AvgIpc) is 3.07. The van der Waals surface area contributed by atoms with Crippen LogP contribution in [0.25, 0.3) is 0 Å². The Hall–Kier alpha value is -1.55. The number of alkyl halides is 1. The van der Waals surface area contributed by atoms with Gasteiger partial charge in [0.1, 0.15) is 5.82 Å². The van der Waals surface area contributed by atoms with E-state index in [9.17, 15) is 0 Å². The lowest BCUT2D eigenvalue weighted by Crippen LogP contribution is -2.47. The average molecular weight is 383 g/mol. The predicted molar refractivity (Wildman–Crippen MR) is 108 cm³/mol. The zero-order valence-corrected chi connectivity index (χ0v) is 16.8. The molecule has 1 saturated carbocycles. The normalized spacial score (nSPS) is 17.7. The third-order valence-electron chi connectivity index (χ3n) is 4.26. The quantitative estimate of drug-likeness (QED) is 0.168. The molecule has 0 bridgehead atoms. The lowest BCUT2D eigenvalue weighted by Gasteiger charge is -2.32. The first kappa shape index (κ1) is 22.5. The van der Waals surface area contributed by atoms with Crippen molar-refractivity contribution < 1.29 is 9.47 Å². The topological polar surface area (TPSA) is 78.7 Å². The van der Waals surface area contributed by atoms with Gasteiger partial charge >= 0.3 is 0 Å². The molecule has 6 nitrogen and oxygen atoms in total. The Labute approximate surface area is 162 Å². The van der Waals surface area contributed by atoms with Gasteiger partial charge in [-0.1, -0.05) is 30.4 Å². The van der Waals surface area contributed by atoms with Gasteiger partial charge in [-0.15, -0.1) is 0 Å². The van der Waals surface area contributed by atoms with Gasteiger partial charge in [0.05, 0.1) is 0 Å². The Morgan fingerprint density at radius 2 is 1.96 bits per heavy atom. The van der Waals surface area contributed by atoms with Crippen molar-refractivity contribution in [3.8, 4) is 11.8 Å². The van der Waals surface area contributed by atoms with Crippen LogP contribution in [-0.4, -0.2) is 43.6 Å². The number of aliphatic imine (C=N–C) groups is 1. The molecule has 1 aliphatic rings. The van der Waals surface area contributed by atoms with Crippen molar-refractivity contribution in [2.75, 3.05) is 13.2 Å². The van der Waals surface area contributed by atoms with Crippen LogP contribution < -0.4 is 10.6 Å². The van der Waals surface area contributed by atoms with Crippen LogP contribution in [0.5, 0.6) is 0 Å². The van der Waals surface area contributed by atoms with Crippen LogP contribution in [0.15, 0.2) is 16.4 Å². The van der Waals surface area contributed by atoms with Crippen molar-refractivity contribution in [2.45, 2.75) is 70.3 Å². The van der Waals surface area contributed by atoms with Crippen LogP contribution >= 0.6 is 11.6 Å². The maximum Gasteiger partial charge on any atom is 0.222 e. The van der Waals surface area contributed by atoms with E-state index in [0.717, 1.165) is 31.3 Å². The number of nitrogens with one attached hydrogen (secondary N) is 3. The summed E-state index contributed by atoms with van der Waals surface area (Å²) in [7, 11) is 0. The first-order valence-electron chi connectivity index (χ1n) is 9.09. The van der Waals surface area contributed by atoms with Gasteiger partial charge in [-0.25, -0.2) is 0 Å². The van der Waals surface area contributed by atoms with Gasteiger partial charge in [0.2, 0.25) is 6.29 Å². The second kappa shape index (κ2) is 11.9. The first-order valence-corrected chi connectivity index (χ1v) is 9.53. The molecule has 0 heterocycles. The third-order valence-corrected chi connectivity index (χ3v) is 4.50. The maximum absolute atomic E-state index is 7.53. The largest absolute Gasteiger partial charge is 0.365 e. The van der Waals surface area contributed by atoms with Crippen molar-refractivity contribution in [1.82, 2.24) is 10.6 Å². The minimum Gasteiger partial charge on any atom is -0.365 e. The van der Waals surface area contributed by atoms with Crippen molar-refractivity contribution in [3.63, 3.8) is 0 Å². The van der Waals surface area contributed by atoms with Gasteiger partial charge in [0.25, 0.3) is 0 Å². The summed E-state index contributed by atoms with van der Waals surface area (Å²) >= 11 is 6.12. The molecule has 0 aromatic carbocycles. The summed E-state index contributed by atoms with van der Waals surface area (Å²) in [5.41, 5.74) is -0.0356. The molecular formula is C19H31ClN4O2. The molecule has 0 spiro atoms. The van der Waals surface area contributed by atoms with E-state index in [1.807, 2.05) is 20.8 Å². The van der Waals surface area contributed by atoms with Gasteiger partial charge < -0.3 is 25.5 Å². The van der Waals surface area contributed by atoms with Gasteiger partial charge in [-0.2, -0.15) is 0 Å². The van der Waals surface area contributed by atoms with Gasteiger partial charge in [0.15, 0.2) is 5.62 Å². The molecule has 1 atom stereocenters. The highest BCUT2D eigenvalue weighted by Gasteiger charge is 2.33. The van der Waals surface area contributed by atoms with Crippen LogP contribution in [0.2, 0.25) is 0 Å². The Bertz CT molecular complexity index is 541. The standard InChI is InChI=1S/C19H31ClN4O2/c1-5-25-16(26-6-2)10-9-15(3)17(23-18(20)22-4)24-19(13-14-21)11-7-8-12-19/h14,16,18,21,23-24H,4-8,11-13H2,1-3H3/b17-15-,21-14?. The van der Waals surface area contributed by atoms with Crippen molar-refractivity contribution in [1.29, 1.82) is 5.41 Å². The number of halogens is 1. The van der Waals surface area contributed by atoms with Crippen molar-refractivity contribution in [3.05, 3.63) is 11.4 Å². The molecule has 0 aromatic rings. The van der Waals surface area contributed by atoms with Gasteiger partial charge in [0, 0.05) is 30.7 Å². The fraction of sp³-hybridized carbons (Fsp3) is 0.684. The molecular weight excluding hydrogens is 352 g/mol. The molecule has 0 aliphatic heterocycles. The van der Waals surface area contributed by atoms with E-state index in [1.54, 1.807) is 0 Å². The summed E-state index contributed by atoms with van der Waals surface area (Å²) < 4.78 is 10.9. The highest BCUT2D eigenvalue weighted by atomic mass is 35.5. The van der Waals surface area contributed by atoms with Crippen LogP contribution in [0, 0.1) is 17.3 Å². The monoisotopic (exact) mass is 382 g/mol.